The van der Waals surface area contributed by atoms with Crippen molar-refractivity contribution in [1.29, 1.82) is 0 Å². The quantitative estimate of drug-likeness (QED) is 0.699. The molecular formula is C13H19N5O2S. The molecule has 0 fully saturated rings. The van der Waals surface area contributed by atoms with E-state index in [1.165, 1.54) is 6.20 Å². The van der Waals surface area contributed by atoms with Crippen molar-refractivity contribution in [2.75, 3.05) is 6.54 Å². The summed E-state index contributed by atoms with van der Waals surface area (Å²) < 4.78 is 27.1. The number of hydrogen-bond acceptors (Lipinski definition) is 5. The predicted octanol–water partition coefficient (Wildman–Crippen LogP) is 0.701. The Morgan fingerprint density at radius 2 is 2.10 bits per heavy atom. The number of aromatic nitrogens is 3. The van der Waals surface area contributed by atoms with Crippen LogP contribution in [0.15, 0.2) is 29.4 Å². The number of nitrogens with one attached hydrogen (secondary N) is 3. The molecule has 2 heterocycles. The fraction of sp³-hybridized carbons (Fsp3) is 0.385. The average Bonchev–Trinajstić information content (AvgIpc) is 2.92. The average molecular weight is 309 g/mol. The fourth-order valence-corrected chi connectivity index (χ4v) is 2.98. The molecular weight excluding hydrogens is 290 g/mol. The summed E-state index contributed by atoms with van der Waals surface area (Å²) in [4.78, 5) is 4.26. The number of H-pyrrole nitrogens is 1. The lowest BCUT2D eigenvalue weighted by Gasteiger charge is -2.07. The van der Waals surface area contributed by atoms with Crippen molar-refractivity contribution < 1.29 is 8.42 Å². The third-order valence-electron chi connectivity index (χ3n) is 2.90. The minimum atomic E-state index is -3.64. The van der Waals surface area contributed by atoms with Crippen molar-refractivity contribution in [1.82, 2.24) is 25.2 Å². The molecule has 0 saturated carbocycles. The lowest BCUT2D eigenvalue weighted by molar-refractivity contribution is 0.573. The van der Waals surface area contributed by atoms with Gasteiger partial charge in [-0.25, -0.2) is 13.1 Å². The minimum absolute atomic E-state index is 0.0936. The van der Waals surface area contributed by atoms with Crippen molar-refractivity contribution >= 4 is 10.0 Å². The third-order valence-corrected chi connectivity index (χ3v) is 4.32. The number of pyridine rings is 1. The first-order valence-corrected chi connectivity index (χ1v) is 8.16. The van der Waals surface area contributed by atoms with E-state index >= 15 is 0 Å². The van der Waals surface area contributed by atoms with Crippen LogP contribution in [0.2, 0.25) is 0 Å². The van der Waals surface area contributed by atoms with Gasteiger partial charge in [0, 0.05) is 17.8 Å². The van der Waals surface area contributed by atoms with Crippen LogP contribution in [0.4, 0.5) is 0 Å². The second-order valence-corrected chi connectivity index (χ2v) is 6.30. The first-order valence-electron chi connectivity index (χ1n) is 6.68. The summed E-state index contributed by atoms with van der Waals surface area (Å²) in [5.41, 5.74) is 2.13. The van der Waals surface area contributed by atoms with Crippen molar-refractivity contribution in [3.63, 3.8) is 0 Å². The zero-order valence-electron chi connectivity index (χ0n) is 12.0. The molecule has 0 spiro atoms. The van der Waals surface area contributed by atoms with Gasteiger partial charge in [-0.15, -0.1) is 0 Å². The smallest absolute Gasteiger partial charge is 0.258 e. The Balaban J connectivity index is 2.10. The van der Waals surface area contributed by atoms with E-state index in [0.29, 0.717) is 17.8 Å². The molecule has 0 amide bonds. The second kappa shape index (κ2) is 6.79. The summed E-state index contributed by atoms with van der Waals surface area (Å²) in [6.07, 6.45) is 1.52. The zero-order chi connectivity index (χ0) is 15.3. The topological polar surface area (TPSA) is 99.8 Å². The van der Waals surface area contributed by atoms with Crippen LogP contribution in [0.3, 0.4) is 0 Å². The van der Waals surface area contributed by atoms with Gasteiger partial charge in [-0.3, -0.25) is 10.1 Å². The third kappa shape index (κ3) is 4.10. The molecule has 0 aliphatic heterocycles. The summed E-state index contributed by atoms with van der Waals surface area (Å²) in [7, 11) is -3.64. The molecule has 3 N–H and O–H groups in total. The van der Waals surface area contributed by atoms with Crippen LogP contribution in [0.25, 0.3) is 0 Å². The minimum Gasteiger partial charge on any atom is -0.313 e. The van der Waals surface area contributed by atoms with Crippen molar-refractivity contribution in [3.05, 3.63) is 41.3 Å². The van der Waals surface area contributed by atoms with Gasteiger partial charge in [-0.1, -0.05) is 13.0 Å². The predicted molar refractivity (Wildman–Crippen MR) is 79.0 cm³/mol. The van der Waals surface area contributed by atoms with Gasteiger partial charge in [0.25, 0.3) is 10.0 Å². The molecule has 0 aromatic carbocycles. The Morgan fingerprint density at radius 3 is 2.81 bits per heavy atom. The SMILES string of the molecule is CCNCc1cn[nH]c1S(=O)(=O)NCc1cccc(C)n1. The Labute approximate surface area is 124 Å². The first-order chi connectivity index (χ1) is 10.0. The normalized spacial score (nSPS) is 11.7. The number of hydrogen-bond donors (Lipinski definition) is 3. The number of nitrogens with zero attached hydrogens (tertiary/aromatic N) is 2. The fourth-order valence-electron chi connectivity index (χ4n) is 1.86. The number of rotatable bonds is 7. The highest BCUT2D eigenvalue weighted by molar-refractivity contribution is 7.89. The van der Waals surface area contributed by atoms with Crippen LogP contribution in [-0.2, 0) is 23.1 Å². The van der Waals surface area contributed by atoms with E-state index in [9.17, 15) is 8.42 Å². The van der Waals surface area contributed by atoms with Gasteiger partial charge in [-0.2, -0.15) is 5.10 Å². The molecule has 2 aromatic rings. The Kier molecular flexibility index (Phi) is 5.05. The molecule has 8 heteroatoms. The highest BCUT2D eigenvalue weighted by atomic mass is 32.2. The van der Waals surface area contributed by atoms with Crippen LogP contribution in [-0.4, -0.2) is 30.1 Å². The van der Waals surface area contributed by atoms with E-state index in [0.717, 1.165) is 12.2 Å². The summed E-state index contributed by atoms with van der Waals surface area (Å²) in [6.45, 7) is 5.16. The molecule has 114 valence electrons. The van der Waals surface area contributed by atoms with Crippen LogP contribution in [0.1, 0.15) is 23.9 Å². The Bertz CT molecular complexity index is 696. The van der Waals surface area contributed by atoms with Gasteiger partial charge in [-0.05, 0) is 25.6 Å². The molecule has 0 saturated heterocycles. The van der Waals surface area contributed by atoms with Crippen LogP contribution >= 0.6 is 0 Å². The molecule has 0 atom stereocenters. The van der Waals surface area contributed by atoms with Crippen molar-refractivity contribution in [3.8, 4) is 0 Å². The highest BCUT2D eigenvalue weighted by Crippen LogP contribution is 2.12. The van der Waals surface area contributed by atoms with Crippen LogP contribution < -0.4 is 10.0 Å². The molecule has 0 aliphatic rings. The van der Waals surface area contributed by atoms with E-state index < -0.39 is 10.0 Å². The molecule has 0 bridgehead atoms. The van der Waals surface area contributed by atoms with Gasteiger partial charge in [0.1, 0.15) is 0 Å². The van der Waals surface area contributed by atoms with E-state index in [4.69, 9.17) is 0 Å². The van der Waals surface area contributed by atoms with Gasteiger partial charge >= 0.3 is 0 Å². The van der Waals surface area contributed by atoms with Gasteiger partial charge in [0.15, 0.2) is 5.03 Å². The number of sulfonamides is 1. The largest absolute Gasteiger partial charge is 0.313 e. The maximum atomic E-state index is 12.3. The first kappa shape index (κ1) is 15.6. The number of aromatic amines is 1. The Morgan fingerprint density at radius 1 is 1.29 bits per heavy atom. The zero-order valence-corrected chi connectivity index (χ0v) is 12.9. The van der Waals surface area contributed by atoms with E-state index in [2.05, 4.69) is 25.2 Å². The molecule has 0 radical (unpaired) electrons. The molecule has 2 rings (SSSR count). The summed E-state index contributed by atoms with van der Waals surface area (Å²) in [5.74, 6) is 0. The second-order valence-electron chi connectivity index (χ2n) is 4.60. The maximum absolute atomic E-state index is 12.3. The van der Waals surface area contributed by atoms with E-state index in [1.54, 1.807) is 6.07 Å². The molecule has 21 heavy (non-hydrogen) atoms. The van der Waals surface area contributed by atoms with Gasteiger partial charge in [0.2, 0.25) is 0 Å². The molecule has 2 aromatic heterocycles. The summed E-state index contributed by atoms with van der Waals surface area (Å²) >= 11 is 0. The molecule has 7 nitrogen and oxygen atoms in total. The monoisotopic (exact) mass is 309 g/mol. The molecule has 0 aliphatic carbocycles. The van der Waals surface area contributed by atoms with Crippen LogP contribution in [0.5, 0.6) is 0 Å². The summed E-state index contributed by atoms with van der Waals surface area (Å²) in [6, 6.07) is 5.49. The van der Waals surface area contributed by atoms with Crippen LogP contribution in [0, 0.1) is 6.92 Å². The van der Waals surface area contributed by atoms with E-state index in [1.807, 2.05) is 26.0 Å². The van der Waals surface area contributed by atoms with Crippen molar-refractivity contribution in [2.24, 2.45) is 0 Å². The number of aryl methyl sites for hydroxylation is 1. The van der Waals surface area contributed by atoms with Crippen molar-refractivity contribution in [2.45, 2.75) is 32.0 Å². The standard InChI is InChI=1S/C13H19N5O2S/c1-3-14-7-11-8-15-18-13(11)21(19,20)16-9-12-6-4-5-10(2)17-12/h4-6,8,14,16H,3,7,9H2,1-2H3,(H,15,18). The van der Waals surface area contributed by atoms with Gasteiger partial charge in [0.05, 0.1) is 18.4 Å². The Hall–Kier alpha value is -1.77. The highest BCUT2D eigenvalue weighted by Gasteiger charge is 2.20. The lowest BCUT2D eigenvalue weighted by Crippen LogP contribution is -2.26. The lowest BCUT2D eigenvalue weighted by atomic mass is 10.3. The van der Waals surface area contributed by atoms with E-state index in [-0.39, 0.29) is 11.6 Å². The maximum Gasteiger partial charge on any atom is 0.258 e. The summed E-state index contributed by atoms with van der Waals surface area (Å²) in [5, 5.41) is 9.53. The van der Waals surface area contributed by atoms with Gasteiger partial charge < -0.3 is 5.32 Å². The molecule has 0 unspecified atom stereocenters.